The molecule has 2 aromatic rings. The van der Waals surface area contributed by atoms with Gasteiger partial charge in [0.2, 0.25) is 10.0 Å². The van der Waals surface area contributed by atoms with Crippen molar-refractivity contribution in [3.05, 3.63) is 35.5 Å². The average molecular weight is 316 g/mol. The lowest BCUT2D eigenvalue weighted by Gasteiger charge is -2.01. The molecule has 3 N–H and O–H groups in total. The highest BCUT2D eigenvalue weighted by atomic mass is 32.2. The van der Waals surface area contributed by atoms with Crippen molar-refractivity contribution in [1.82, 2.24) is 9.97 Å². The number of nitrogens with two attached hydrogens (primary N) is 1. The fourth-order valence-electron chi connectivity index (χ4n) is 1.42. The second kappa shape index (κ2) is 5.23. The number of nitrogens with one attached hydrogen (secondary N) is 1. The van der Waals surface area contributed by atoms with Gasteiger partial charge in [-0.1, -0.05) is 11.3 Å². The Bertz CT molecular complexity index is 773. The van der Waals surface area contributed by atoms with Crippen LogP contribution in [0.5, 0.6) is 0 Å². The van der Waals surface area contributed by atoms with Crippen LogP contribution in [0, 0.1) is 12.7 Å². The molecule has 10 heteroatoms. The molecule has 0 aromatic carbocycles. The molecule has 2 rings (SSSR count). The molecule has 2 aromatic heterocycles. The van der Waals surface area contributed by atoms with Crippen LogP contribution in [0.3, 0.4) is 0 Å². The van der Waals surface area contributed by atoms with E-state index in [9.17, 15) is 17.6 Å². The molecule has 0 atom stereocenters. The van der Waals surface area contributed by atoms with Crippen molar-refractivity contribution in [2.24, 2.45) is 5.14 Å². The zero-order valence-electron chi connectivity index (χ0n) is 10.1. The number of pyridine rings is 1. The minimum Gasteiger partial charge on any atom is -0.298 e. The van der Waals surface area contributed by atoms with E-state index in [0.29, 0.717) is 11.3 Å². The summed E-state index contributed by atoms with van der Waals surface area (Å²) in [6.07, 6.45) is 2.17. The Morgan fingerprint density at radius 1 is 1.50 bits per heavy atom. The molecule has 1 amide bonds. The molecular weight excluding hydrogens is 307 g/mol. The maximum atomic E-state index is 13.4. The van der Waals surface area contributed by atoms with E-state index in [1.165, 1.54) is 19.2 Å². The van der Waals surface area contributed by atoms with Gasteiger partial charge in [-0.3, -0.25) is 15.1 Å². The van der Waals surface area contributed by atoms with Gasteiger partial charge in [-0.05, 0) is 13.0 Å². The van der Waals surface area contributed by atoms with Gasteiger partial charge in [0.1, 0.15) is 0 Å². The van der Waals surface area contributed by atoms with Crippen LogP contribution in [0.1, 0.15) is 16.1 Å². The number of rotatable bonds is 3. The third kappa shape index (κ3) is 2.98. The first-order chi connectivity index (χ1) is 9.29. The van der Waals surface area contributed by atoms with E-state index in [4.69, 9.17) is 5.14 Å². The topological polar surface area (TPSA) is 115 Å². The fraction of sp³-hybridized carbons (Fsp3) is 0.100. The maximum Gasteiger partial charge on any atom is 0.260 e. The summed E-state index contributed by atoms with van der Waals surface area (Å²) in [5.74, 6) is -1.54. The molecule has 0 bridgehead atoms. The van der Waals surface area contributed by atoms with Gasteiger partial charge >= 0.3 is 0 Å². The average Bonchev–Trinajstić information content (AvgIpc) is 2.70. The number of primary sulfonamides is 1. The number of sulfonamides is 1. The number of amides is 1. The first-order valence-electron chi connectivity index (χ1n) is 5.20. The van der Waals surface area contributed by atoms with Crippen molar-refractivity contribution in [3.8, 4) is 0 Å². The molecule has 0 aliphatic rings. The SMILES string of the molecule is Cc1nc(NC(=O)c2ccncc2F)sc1S(N)(=O)=O. The van der Waals surface area contributed by atoms with E-state index >= 15 is 0 Å². The van der Waals surface area contributed by atoms with Gasteiger partial charge < -0.3 is 0 Å². The van der Waals surface area contributed by atoms with Crippen LogP contribution < -0.4 is 10.5 Å². The zero-order chi connectivity index (χ0) is 14.9. The second-order valence-corrected chi connectivity index (χ2v) is 6.50. The molecule has 7 nitrogen and oxygen atoms in total. The minimum atomic E-state index is -3.90. The van der Waals surface area contributed by atoms with E-state index < -0.39 is 21.7 Å². The summed E-state index contributed by atoms with van der Waals surface area (Å²) in [4.78, 5) is 19.2. The minimum absolute atomic E-state index is 0.0211. The first kappa shape index (κ1) is 14.5. The maximum absolute atomic E-state index is 13.4. The number of anilines is 1. The van der Waals surface area contributed by atoms with Gasteiger partial charge in [-0.15, -0.1) is 0 Å². The van der Waals surface area contributed by atoms with Gasteiger partial charge in [0.05, 0.1) is 17.5 Å². The van der Waals surface area contributed by atoms with E-state index in [1.54, 1.807) is 0 Å². The first-order valence-corrected chi connectivity index (χ1v) is 7.56. The van der Waals surface area contributed by atoms with Crippen molar-refractivity contribution in [1.29, 1.82) is 0 Å². The third-order valence-electron chi connectivity index (χ3n) is 2.25. The van der Waals surface area contributed by atoms with Crippen LogP contribution in [0.4, 0.5) is 9.52 Å². The van der Waals surface area contributed by atoms with E-state index in [0.717, 1.165) is 6.20 Å². The summed E-state index contributed by atoms with van der Waals surface area (Å²) in [6, 6.07) is 1.20. The van der Waals surface area contributed by atoms with Crippen LogP contribution in [-0.4, -0.2) is 24.3 Å². The highest BCUT2D eigenvalue weighted by molar-refractivity contribution is 7.91. The number of aromatic nitrogens is 2. The number of nitrogens with zero attached hydrogens (tertiary/aromatic N) is 2. The Balaban J connectivity index is 2.28. The molecular formula is C10H9FN4O3S2. The fourth-order valence-corrected chi connectivity index (χ4v) is 3.28. The van der Waals surface area contributed by atoms with Crippen LogP contribution in [0.25, 0.3) is 0 Å². The van der Waals surface area contributed by atoms with E-state index in [1.807, 2.05) is 0 Å². The number of carbonyl (C=O) groups is 1. The quantitative estimate of drug-likeness (QED) is 0.872. The Morgan fingerprint density at radius 3 is 2.75 bits per heavy atom. The number of thiazole rings is 1. The summed E-state index contributed by atoms with van der Waals surface area (Å²) in [5, 5.41) is 7.33. The number of halogens is 1. The van der Waals surface area contributed by atoms with Crippen molar-refractivity contribution in [3.63, 3.8) is 0 Å². The molecule has 106 valence electrons. The lowest BCUT2D eigenvalue weighted by molar-refractivity contribution is 0.102. The van der Waals surface area contributed by atoms with Gasteiger partial charge in [0.15, 0.2) is 15.2 Å². The zero-order valence-corrected chi connectivity index (χ0v) is 11.8. The summed E-state index contributed by atoms with van der Waals surface area (Å²) in [7, 11) is -3.90. The number of hydrogen-bond donors (Lipinski definition) is 2. The Hall–Kier alpha value is -1.91. The molecule has 0 saturated heterocycles. The molecule has 20 heavy (non-hydrogen) atoms. The Labute approximate surface area is 117 Å². The predicted octanol–water partition coefficient (Wildman–Crippen LogP) is 0.885. The van der Waals surface area contributed by atoms with Gasteiger partial charge in [0, 0.05) is 6.20 Å². The largest absolute Gasteiger partial charge is 0.298 e. The summed E-state index contributed by atoms with van der Waals surface area (Å²) in [5.41, 5.74) is -0.0481. The van der Waals surface area contributed by atoms with Crippen LogP contribution >= 0.6 is 11.3 Å². The molecule has 0 radical (unpaired) electrons. The lowest BCUT2D eigenvalue weighted by atomic mass is 10.2. The molecule has 0 unspecified atom stereocenters. The highest BCUT2D eigenvalue weighted by Crippen LogP contribution is 2.26. The monoisotopic (exact) mass is 316 g/mol. The summed E-state index contributed by atoms with van der Waals surface area (Å²) >= 11 is 0.701. The molecule has 2 heterocycles. The predicted molar refractivity (Wildman–Crippen MR) is 70.4 cm³/mol. The van der Waals surface area contributed by atoms with E-state index in [-0.39, 0.29) is 20.6 Å². The molecule has 0 spiro atoms. The van der Waals surface area contributed by atoms with Crippen LogP contribution in [-0.2, 0) is 10.0 Å². The molecule has 0 aliphatic heterocycles. The van der Waals surface area contributed by atoms with E-state index in [2.05, 4.69) is 15.3 Å². The third-order valence-corrected chi connectivity index (χ3v) is 4.88. The molecule has 0 fully saturated rings. The van der Waals surface area contributed by atoms with Gasteiger partial charge in [-0.2, -0.15) is 0 Å². The van der Waals surface area contributed by atoms with Crippen LogP contribution in [0.2, 0.25) is 0 Å². The van der Waals surface area contributed by atoms with Crippen molar-refractivity contribution >= 4 is 32.4 Å². The Morgan fingerprint density at radius 2 is 2.20 bits per heavy atom. The second-order valence-electron chi connectivity index (χ2n) is 3.75. The standard InChI is InChI=1S/C10H9FN4O3S2/c1-5-9(20(12,17)18)19-10(14-5)15-8(16)6-2-3-13-4-7(6)11/h2-4H,1H3,(H2,12,17,18)(H,14,15,16). The van der Waals surface area contributed by atoms with Crippen molar-refractivity contribution < 1.29 is 17.6 Å². The highest BCUT2D eigenvalue weighted by Gasteiger charge is 2.20. The van der Waals surface area contributed by atoms with Crippen molar-refractivity contribution in [2.45, 2.75) is 11.1 Å². The van der Waals surface area contributed by atoms with Crippen molar-refractivity contribution in [2.75, 3.05) is 5.32 Å². The number of carbonyl (C=O) groups excluding carboxylic acids is 1. The van der Waals surface area contributed by atoms with Gasteiger partial charge in [-0.25, -0.2) is 22.9 Å². The number of hydrogen-bond acceptors (Lipinski definition) is 6. The normalized spacial score (nSPS) is 11.3. The smallest absolute Gasteiger partial charge is 0.260 e. The summed E-state index contributed by atoms with van der Waals surface area (Å²) < 4.78 is 35.7. The Kier molecular flexibility index (Phi) is 3.79. The lowest BCUT2D eigenvalue weighted by Crippen LogP contribution is -2.13. The number of aryl methyl sites for hydroxylation is 1. The van der Waals surface area contributed by atoms with Crippen LogP contribution in [0.15, 0.2) is 22.7 Å². The summed E-state index contributed by atoms with van der Waals surface area (Å²) in [6.45, 7) is 1.44. The van der Waals surface area contributed by atoms with Gasteiger partial charge in [0.25, 0.3) is 5.91 Å². The molecule has 0 aliphatic carbocycles. The molecule has 0 saturated carbocycles.